The Morgan fingerprint density at radius 3 is 0.952 bits per heavy atom. The maximum absolute atomic E-state index is 2.24. The quantitative estimate of drug-likeness (QED) is 0.495. The minimum absolute atomic E-state index is 0.877. The number of hydrogen-bond acceptors (Lipinski definition) is 0. The van der Waals surface area contributed by atoms with Crippen molar-refractivity contribution in [2.24, 2.45) is 0 Å². The molecule has 21 heavy (non-hydrogen) atoms. The van der Waals surface area contributed by atoms with Crippen molar-refractivity contribution >= 4 is 24.4 Å². The molecule has 3 aromatic carbocycles. The predicted octanol–water partition coefficient (Wildman–Crippen LogP) is 2.78. The van der Waals surface area contributed by atoms with Gasteiger partial charge in [0.05, 0.1) is 0 Å². The Morgan fingerprint density at radius 1 is 0.476 bits per heavy atom. The molecule has 0 heterocycles. The third-order valence-corrected chi connectivity index (χ3v) is 5.92. The number of hydrogen-bond donors (Lipinski definition) is 0. The molecule has 1 radical (unpaired) electrons. The van der Waals surface area contributed by atoms with Crippen LogP contribution in [-0.4, -0.2) is 8.80 Å². The molecule has 0 aliphatic carbocycles. The second-order valence-electron chi connectivity index (χ2n) is 4.47. The zero-order valence-corrected chi connectivity index (χ0v) is 15.6. The monoisotopic (exact) mass is 364 g/mol. The largest absolute Gasteiger partial charge is 0.154 e. The van der Waals surface area contributed by atoms with Crippen LogP contribution in [0.1, 0.15) is 0 Å². The van der Waals surface area contributed by atoms with E-state index in [-0.39, 0.29) is 0 Å². The van der Waals surface area contributed by atoms with Gasteiger partial charge in [-0.25, -0.2) is 0 Å². The second-order valence-corrected chi connectivity index (χ2v) is 6.96. The molecule has 0 nitrogen and oxygen atoms in total. The average Bonchev–Trinajstić information content (AvgIpc) is 2.60. The third-order valence-electron chi connectivity index (χ3n) is 3.19. The molecule has 0 bridgehead atoms. The van der Waals surface area contributed by atoms with Crippen LogP contribution < -0.4 is 15.6 Å². The van der Waals surface area contributed by atoms with Gasteiger partial charge in [0.25, 0.3) is 0 Å². The van der Waals surface area contributed by atoms with Crippen molar-refractivity contribution < 1.29 is 24.7 Å². The van der Waals surface area contributed by atoms with Gasteiger partial charge in [0.2, 0.25) is 0 Å². The van der Waals surface area contributed by atoms with E-state index in [4.69, 9.17) is 0 Å². The zero-order chi connectivity index (χ0) is 14.9. The molecular formula is C19H18SiZr. The summed E-state index contributed by atoms with van der Waals surface area (Å²) >= 11 is 1.55. The van der Waals surface area contributed by atoms with E-state index in [0.29, 0.717) is 0 Å². The second kappa shape index (κ2) is 8.92. The summed E-state index contributed by atoms with van der Waals surface area (Å²) in [6, 6.07) is 32.5. The van der Waals surface area contributed by atoms with Gasteiger partial charge in [0.15, 0.2) is 8.80 Å². The first-order valence-electron chi connectivity index (χ1n) is 6.98. The van der Waals surface area contributed by atoms with E-state index in [0.717, 1.165) is 0 Å². The molecular weight excluding hydrogens is 348 g/mol. The van der Waals surface area contributed by atoms with Crippen LogP contribution in [0.4, 0.5) is 0 Å². The molecule has 0 N–H and O–H groups in total. The van der Waals surface area contributed by atoms with E-state index >= 15 is 0 Å². The molecule has 0 aliphatic rings. The van der Waals surface area contributed by atoms with Crippen molar-refractivity contribution in [2.75, 3.05) is 0 Å². The number of rotatable bonds is 3. The van der Waals surface area contributed by atoms with Crippen molar-refractivity contribution in [3.8, 4) is 0 Å². The summed E-state index contributed by atoms with van der Waals surface area (Å²) in [7, 11) is -0.877. The Morgan fingerprint density at radius 2 is 0.714 bits per heavy atom. The number of benzene rings is 3. The van der Waals surface area contributed by atoms with Gasteiger partial charge in [-0.2, -0.15) is 0 Å². The smallest absolute Gasteiger partial charge is 0.0624 e. The summed E-state index contributed by atoms with van der Waals surface area (Å²) in [5.74, 6) is 0. The molecule has 102 valence electrons. The molecule has 0 atom stereocenters. The fourth-order valence-corrected chi connectivity index (χ4v) is 4.89. The van der Waals surface area contributed by atoms with Crippen LogP contribution in [0.5, 0.6) is 0 Å². The van der Waals surface area contributed by atoms with Gasteiger partial charge in [-0.15, -0.1) is 0 Å². The van der Waals surface area contributed by atoms with Crippen LogP contribution in [-0.2, 0) is 24.7 Å². The van der Waals surface area contributed by atoms with Crippen molar-refractivity contribution in [3.63, 3.8) is 0 Å². The molecule has 0 fully saturated rings. The first-order valence-corrected chi connectivity index (χ1v) is 10.9. The molecule has 0 saturated heterocycles. The SMILES string of the molecule is [CH3][Zr].c1ccc([Si](c2ccccc2)c2ccccc2)cc1. The molecule has 0 spiro atoms. The van der Waals surface area contributed by atoms with Gasteiger partial charge >= 0.3 is 29.4 Å². The maximum atomic E-state index is 2.24. The Labute approximate surface area is 144 Å². The summed E-state index contributed by atoms with van der Waals surface area (Å²) in [6.45, 7) is 0. The summed E-state index contributed by atoms with van der Waals surface area (Å²) in [5, 5.41) is 4.31. The zero-order valence-electron chi connectivity index (χ0n) is 12.2. The molecule has 0 amide bonds. The van der Waals surface area contributed by atoms with E-state index in [1.165, 1.54) is 15.6 Å². The Balaban J connectivity index is 0.000000774. The third kappa shape index (κ3) is 4.36. The summed E-state index contributed by atoms with van der Waals surface area (Å²) in [4.78, 5) is 0. The maximum Gasteiger partial charge on any atom is 0.154 e. The normalized spacial score (nSPS) is 9.76. The van der Waals surface area contributed by atoms with Crippen LogP contribution >= 0.6 is 0 Å². The molecule has 0 saturated carbocycles. The van der Waals surface area contributed by atoms with Gasteiger partial charge in [0.1, 0.15) is 0 Å². The molecule has 0 aromatic heterocycles. The fraction of sp³-hybridized carbons (Fsp3) is 0.0526. The summed E-state index contributed by atoms with van der Waals surface area (Å²) < 4.78 is 2.09. The van der Waals surface area contributed by atoms with E-state index < -0.39 is 8.80 Å². The van der Waals surface area contributed by atoms with Gasteiger partial charge in [-0.1, -0.05) is 107 Å². The van der Waals surface area contributed by atoms with Crippen LogP contribution in [0.25, 0.3) is 0 Å². The Hall–Kier alpha value is -1.24. The average molecular weight is 366 g/mol. The van der Waals surface area contributed by atoms with Crippen molar-refractivity contribution in [3.05, 3.63) is 91.0 Å². The Bertz CT molecular complexity index is 530. The van der Waals surface area contributed by atoms with E-state index in [2.05, 4.69) is 95.6 Å². The van der Waals surface area contributed by atoms with E-state index in [9.17, 15) is 0 Å². The fourth-order valence-electron chi connectivity index (χ4n) is 2.31. The van der Waals surface area contributed by atoms with E-state index in [1.807, 2.05) is 0 Å². The van der Waals surface area contributed by atoms with E-state index in [1.54, 1.807) is 24.7 Å². The minimum Gasteiger partial charge on any atom is -0.0624 e. The molecule has 0 aliphatic heterocycles. The molecule has 2 heteroatoms. The minimum atomic E-state index is -0.877. The van der Waals surface area contributed by atoms with Gasteiger partial charge in [-0.3, -0.25) is 0 Å². The van der Waals surface area contributed by atoms with Crippen LogP contribution in [0, 0.1) is 0 Å². The van der Waals surface area contributed by atoms with Crippen molar-refractivity contribution in [1.82, 2.24) is 0 Å². The van der Waals surface area contributed by atoms with Gasteiger partial charge in [-0.05, 0) is 0 Å². The summed E-state index contributed by atoms with van der Waals surface area (Å²) in [6.07, 6.45) is 0. The first kappa shape index (κ1) is 16.1. The molecule has 3 aromatic rings. The van der Waals surface area contributed by atoms with Crippen LogP contribution in [0.15, 0.2) is 91.0 Å². The van der Waals surface area contributed by atoms with Gasteiger partial charge < -0.3 is 0 Å². The summed E-state index contributed by atoms with van der Waals surface area (Å²) in [5.41, 5.74) is 0. The topological polar surface area (TPSA) is 0 Å². The standard InChI is InChI=1S/C18H15Si.CH3.Zr/c1-4-10-16(11-5-1)19(17-12-6-2-7-13-17)18-14-8-3-9-15-18;;/h1-15H;1H3;. The van der Waals surface area contributed by atoms with Gasteiger partial charge in [0, 0.05) is 0 Å². The van der Waals surface area contributed by atoms with Crippen LogP contribution in [0.3, 0.4) is 0 Å². The molecule has 0 unspecified atom stereocenters. The predicted molar refractivity (Wildman–Crippen MR) is 89.8 cm³/mol. The Kier molecular flexibility index (Phi) is 6.85. The van der Waals surface area contributed by atoms with Crippen molar-refractivity contribution in [2.45, 2.75) is 4.63 Å². The van der Waals surface area contributed by atoms with Crippen molar-refractivity contribution in [1.29, 1.82) is 0 Å². The first-order chi connectivity index (χ1) is 10.4. The molecule has 3 rings (SSSR count). The van der Waals surface area contributed by atoms with Crippen LogP contribution in [0.2, 0.25) is 4.63 Å².